The Bertz CT molecular complexity index is 317. The normalized spacial score (nSPS) is 34.8. The molecule has 0 aliphatic carbocycles. The Morgan fingerprint density at radius 1 is 0.600 bits per heavy atom. The molecule has 6 unspecified atom stereocenters. The molecule has 1 rings (SSSR count). The molecule has 0 aromatic rings. The Hall–Kier alpha value is 0.830. The molecule has 1 aliphatic heterocycles. The molecule has 0 saturated carbocycles. The van der Waals surface area contributed by atoms with Crippen molar-refractivity contribution in [3.8, 4) is 0 Å². The van der Waals surface area contributed by atoms with E-state index in [1.54, 1.807) is 4.18 Å². The molecule has 0 aromatic carbocycles. The molecule has 1 heterocycles. The van der Waals surface area contributed by atoms with Gasteiger partial charge in [0.05, 0.1) is 0 Å². The first-order valence-corrected chi connectivity index (χ1v) is 18.0. The fourth-order valence-electron chi connectivity index (χ4n) is 6.93. The quantitative estimate of drug-likeness (QED) is 0.352. The van der Waals surface area contributed by atoms with Gasteiger partial charge in [-0.05, 0) is 0 Å². The Morgan fingerprint density at radius 3 is 1.28 bits per heavy atom. The second-order valence-electron chi connectivity index (χ2n) is 8.52. The van der Waals surface area contributed by atoms with E-state index < -0.39 is 21.4 Å². The zero-order valence-electron chi connectivity index (χ0n) is 18.9. The minimum atomic E-state index is -1.62. The Kier molecular flexibility index (Phi) is 11.8. The summed E-state index contributed by atoms with van der Waals surface area (Å²) >= 11 is -1.62. The molecule has 0 amide bonds. The average molecular weight is 453 g/mol. The summed E-state index contributed by atoms with van der Waals surface area (Å²) in [5.41, 5.74) is 0. The van der Waals surface area contributed by atoms with Crippen molar-refractivity contribution in [3.63, 3.8) is 0 Å². The van der Waals surface area contributed by atoms with E-state index in [2.05, 4.69) is 60.3 Å². The van der Waals surface area contributed by atoms with Crippen molar-refractivity contribution in [2.24, 2.45) is 11.8 Å². The molecule has 2 heteroatoms. The predicted molar refractivity (Wildman–Crippen MR) is 117 cm³/mol. The number of hydrogen-bond donors (Lipinski definition) is 0. The van der Waals surface area contributed by atoms with Crippen molar-refractivity contribution >= 4 is 21.4 Å². The van der Waals surface area contributed by atoms with Crippen LogP contribution in [0.1, 0.15) is 100 Å². The van der Waals surface area contributed by atoms with E-state index in [0.717, 1.165) is 31.3 Å². The molecule has 6 atom stereocenters. The van der Waals surface area contributed by atoms with Crippen LogP contribution in [0.15, 0.2) is 0 Å². The summed E-state index contributed by atoms with van der Waals surface area (Å²) in [6.45, 7) is 21.2. The van der Waals surface area contributed by atoms with Gasteiger partial charge in [-0.15, -0.1) is 0 Å². The van der Waals surface area contributed by atoms with E-state index in [-0.39, 0.29) is 0 Å². The molecule has 25 heavy (non-hydrogen) atoms. The summed E-state index contributed by atoms with van der Waals surface area (Å²) in [6, 6.07) is 1.68. The summed E-state index contributed by atoms with van der Waals surface area (Å²) in [5, 5.41) is 0. The zero-order chi connectivity index (χ0) is 19.0. The van der Waals surface area contributed by atoms with Gasteiger partial charge in [-0.1, -0.05) is 0 Å². The molecule has 0 N–H and O–H groups in total. The van der Waals surface area contributed by atoms with Crippen LogP contribution in [0.3, 0.4) is 0 Å². The summed E-state index contributed by atoms with van der Waals surface area (Å²) in [6.07, 6.45) is 9.93. The van der Waals surface area contributed by atoms with Gasteiger partial charge in [0.1, 0.15) is 0 Å². The first kappa shape index (κ1) is 23.9. The second-order valence-corrected chi connectivity index (χ2v) is 18.8. The van der Waals surface area contributed by atoms with Gasteiger partial charge in [-0.3, -0.25) is 0 Å². The van der Waals surface area contributed by atoms with E-state index in [1.165, 1.54) is 51.5 Å². The minimum absolute atomic E-state index is 0.841. The average Bonchev–Trinajstić information content (AvgIpc) is 2.63. The van der Waals surface area contributed by atoms with Gasteiger partial charge >= 0.3 is 169 Å². The van der Waals surface area contributed by atoms with Gasteiger partial charge in [0.25, 0.3) is 0 Å². The maximum atomic E-state index is 2.99. The summed E-state index contributed by atoms with van der Waals surface area (Å²) in [5.74, 6) is 1.95. The van der Waals surface area contributed by atoms with E-state index in [9.17, 15) is 0 Å². The first-order chi connectivity index (χ1) is 12.1. The van der Waals surface area contributed by atoms with E-state index in [0.29, 0.717) is 0 Å². The third-order valence-electron chi connectivity index (χ3n) is 7.75. The van der Waals surface area contributed by atoms with Crippen molar-refractivity contribution in [3.05, 3.63) is 0 Å². The van der Waals surface area contributed by atoms with Crippen LogP contribution in [0.25, 0.3) is 0 Å². The molecule has 1 saturated heterocycles. The number of nitrogens with zero attached hydrogens (tertiary/aromatic N) is 1. The summed E-state index contributed by atoms with van der Waals surface area (Å²) in [7, 11) is 0. The van der Waals surface area contributed by atoms with Crippen LogP contribution in [-0.2, 0) is 0 Å². The molecule has 1 fully saturated rings. The van der Waals surface area contributed by atoms with Gasteiger partial charge in [0.2, 0.25) is 0 Å². The molecule has 1 aliphatic rings. The Morgan fingerprint density at radius 2 is 1.04 bits per heavy atom. The van der Waals surface area contributed by atoms with Gasteiger partial charge in [0.15, 0.2) is 0 Å². The van der Waals surface area contributed by atoms with E-state index >= 15 is 0 Å². The molecule has 0 radical (unpaired) electrons. The third kappa shape index (κ3) is 5.21. The summed E-state index contributed by atoms with van der Waals surface area (Å²) < 4.78 is 3.91. The van der Waals surface area contributed by atoms with Gasteiger partial charge in [-0.2, -0.15) is 0 Å². The number of hydrogen-bond acceptors (Lipinski definition) is 1. The fraction of sp³-hybridized carbons (Fsp3) is 1.00. The second kappa shape index (κ2) is 12.3. The monoisotopic (exact) mass is 453 g/mol. The zero-order valence-corrected chi connectivity index (χ0v) is 22.1. The van der Waals surface area contributed by atoms with E-state index in [4.69, 9.17) is 0 Å². The summed E-state index contributed by atoms with van der Waals surface area (Å²) in [4.78, 5) is 2.99. The molecule has 0 spiro atoms. The SMILES string of the molecule is CC[CH2][In]1[CH](CC)C(CC)C(CC)N(CC)C(CC)C(CC)[CH]1CC. The number of rotatable bonds is 9. The molecular weight excluding hydrogens is 405 g/mol. The van der Waals surface area contributed by atoms with Crippen LogP contribution in [0.2, 0.25) is 11.5 Å². The third-order valence-corrected chi connectivity index (χ3v) is 23.1. The van der Waals surface area contributed by atoms with Crippen molar-refractivity contribution in [2.45, 2.75) is 124 Å². The molecular formula is C23H48InN. The van der Waals surface area contributed by atoms with Gasteiger partial charge in [0, 0.05) is 0 Å². The Labute approximate surface area is 168 Å². The predicted octanol–water partition coefficient (Wildman–Crippen LogP) is 7.40. The van der Waals surface area contributed by atoms with Crippen LogP contribution >= 0.6 is 0 Å². The Balaban J connectivity index is 3.47. The maximum absolute atomic E-state index is 2.99. The standard InChI is InChI=1S/C20H41N.C3H7.In/c1-8-15-17(10-3)19(12-5)21(14-7)20(13-6)18(11-4)16-9-2;1-3-2;/h15-20H,8-14H2,1-7H3;1,3H2,2H3;. The van der Waals surface area contributed by atoms with E-state index in [1.807, 2.05) is 0 Å². The van der Waals surface area contributed by atoms with Crippen molar-refractivity contribution < 1.29 is 0 Å². The van der Waals surface area contributed by atoms with Crippen LogP contribution in [0.4, 0.5) is 0 Å². The van der Waals surface area contributed by atoms with Crippen LogP contribution in [0, 0.1) is 11.8 Å². The molecule has 148 valence electrons. The van der Waals surface area contributed by atoms with Crippen LogP contribution in [0.5, 0.6) is 0 Å². The fourth-order valence-corrected chi connectivity index (χ4v) is 23.2. The molecule has 0 bridgehead atoms. The molecule has 0 aromatic heterocycles. The van der Waals surface area contributed by atoms with Gasteiger partial charge < -0.3 is 0 Å². The van der Waals surface area contributed by atoms with Gasteiger partial charge in [-0.25, -0.2) is 0 Å². The van der Waals surface area contributed by atoms with Crippen molar-refractivity contribution in [1.29, 1.82) is 0 Å². The first-order valence-electron chi connectivity index (χ1n) is 11.8. The molecule has 1 nitrogen and oxygen atoms in total. The van der Waals surface area contributed by atoms with Crippen LogP contribution in [-0.4, -0.2) is 45.0 Å². The van der Waals surface area contributed by atoms with Crippen LogP contribution < -0.4 is 0 Å². The topological polar surface area (TPSA) is 3.24 Å². The van der Waals surface area contributed by atoms with Crippen molar-refractivity contribution in [1.82, 2.24) is 4.90 Å². The van der Waals surface area contributed by atoms with Crippen molar-refractivity contribution in [2.75, 3.05) is 6.54 Å².